The normalized spacial score (nSPS) is 7.42. The SMILES string of the molecule is O=CO.[Br][Mg][CH2]c1ccccc1. The minimum absolute atomic E-state index is 0.0282. The van der Waals surface area contributed by atoms with Crippen LogP contribution in [0.25, 0.3) is 0 Å². The second kappa shape index (κ2) is 9.03. The third kappa shape index (κ3) is 6.63. The summed E-state index contributed by atoms with van der Waals surface area (Å²) in [7, 11) is 0. The van der Waals surface area contributed by atoms with E-state index < -0.39 is 0 Å². The minimum Gasteiger partial charge on any atom is -0.483 e. The van der Waals surface area contributed by atoms with E-state index >= 15 is 0 Å². The molecule has 0 spiro atoms. The lowest BCUT2D eigenvalue weighted by molar-refractivity contribution is -0.122. The van der Waals surface area contributed by atoms with Crippen LogP contribution < -0.4 is 0 Å². The van der Waals surface area contributed by atoms with Crippen LogP contribution in [0.3, 0.4) is 0 Å². The Morgan fingerprint density at radius 3 is 2.33 bits per heavy atom. The van der Waals surface area contributed by atoms with Gasteiger partial charge in [-0.3, -0.25) is 4.79 Å². The molecule has 12 heavy (non-hydrogen) atoms. The molecule has 0 saturated carbocycles. The van der Waals surface area contributed by atoms with Gasteiger partial charge < -0.3 is 18.0 Å². The minimum atomic E-state index is -0.250. The standard InChI is InChI=1S/C7H7.CH2O2.BrH.Mg/c1-7-5-3-2-4-6-7;2-1-3;;/h2-6H,1H2;1H,(H,2,3);1H;/q;;;+1/p-1. The van der Waals surface area contributed by atoms with Gasteiger partial charge in [0.25, 0.3) is 6.47 Å². The summed E-state index contributed by atoms with van der Waals surface area (Å²) >= 11 is 3.55. The molecular formula is C8H9BrMgO2. The van der Waals surface area contributed by atoms with E-state index in [1.54, 1.807) is 0 Å². The topological polar surface area (TPSA) is 37.3 Å². The Morgan fingerprint density at radius 2 is 1.92 bits per heavy atom. The molecule has 0 aliphatic heterocycles. The van der Waals surface area contributed by atoms with E-state index in [-0.39, 0.29) is 24.7 Å². The van der Waals surface area contributed by atoms with Crippen molar-refractivity contribution in [3.8, 4) is 0 Å². The van der Waals surface area contributed by atoms with Gasteiger partial charge in [0.15, 0.2) is 0 Å². The molecule has 0 aliphatic rings. The van der Waals surface area contributed by atoms with E-state index in [9.17, 15) is 0 Å². The Balaban J connectivity index is 0.000000354. The fraction of sp³-hybridized carbons (Fsp3) is 0.125. The zero-order valence-corrected chi connectivity index (χ0v) is 9.61. The molecule has 4 heteroatoms. The van der Waals surface area contributed by atoms with Gasteiger partial charge in [-0.25, -0.2) is 0 Å². The van der Waals surface area contributed by atoms with Crippen LogP contribution in [0.4, 0.5) is 0 Å². The van der Waals surface area contributed by atoms with Gasteiger partial charge in [0.1, 0.15) is 0 Å². The number of carboxylic acid groups (broad SMARTS) is 1. The monoisotopic (exact) mass is 240 g/mol. The summed E-state index contributed by atoms with van der Waals surface area (Å²) in [6, 6.07) is 10.6. The number of carbonyl (C=O) groups is 1. The quantitative estimate of drug-likeness (QED) is 0.634. The van der Waals surface area contributed by atoms with Crippen molar-refractivity contribution in [1.29, 1.82) is 0 Å². The van der Waals surface area contributed by atoms with Gasteiger partial charge in [-0.15, -0.1) is 4.55 Å². The Kier molecular flexibility index (Phi) is 8.98. The average Bonchev–Trinajstić information content (AvgIpc) is 2.08. The van der Waals surface area contributed by atoms with Crippen molar-refractivity contribution in [3.63, 3.8) is 0 Å². The fourth-order valence-corrected chi connectivity index (χ4v) is 2.68. The van der Waals surface area contributed by atoms with E-state index in [1.807, 2.05) is 0 Å². The van der Waals surface area contributed by atoms with Gasteiger partial charge in [0.2, 0.25) is 0 Å². The Labute approximate surface area is 87.6 Å². The summed E-state index contributed by atoms with van der Waals surface area (Å²) in [5.41, 5.74) is 1.46. The van der Waals surface area contributed by atoms with Gasteiger partial charge in [-0.1, -0.05) is 35.9 Å². The van der Waals surface area contributed by atoms with Crippen LogP contribution in [-0.2, 0) is 9.34 Å². The fourth-order valence-electron chi connectivity index (χ4n) is 0.754. The van der Waals surface area contributed by atoms with Crippen molar-refractivity contribution >= 4 is 37.5 Å². The molecule has 62 valence electrons. The third-order valence-electron chi connectivity index (χ3n) is 1.23. The molecule has 0 bridgehead atoms. The maximum Gasteiger partial charge on any atom is 0.473 e. The molecule has 0 aliphatic carbocycles. The smallest absolute Gasteiger partial charge is 0.473 e. The first-order chi connectivity index (χ1) is 5.85. The first-order valence-electron chi connectivity index (χ1n) is 3.53. The van der Waals surface area contributed by atoms with Crippen LogP contribution in [0, 0.1) is 0 Å². The Hall–Kier alpha value is -0.0638. The zero-order chi connectivity index (χ0) is 9.23. The maximum atomic E-state index is 8.36. The van der Waals surface area contributed by atoms with E-state index in [2.05, 4.69) is 43.2 Å². The second-order valence-electron chi connectivity index (χ2n) is 2.03. The predicted octanol–water partition coefficient (Wildman–Crippen LogP) is 1.90. The van der Waals surface area contributed by atoms with Crippen LogP contribution in [-0.4, -0.2) is 29.8 Å². The van der Waals surface area contributed by atoms with Gasteiger partial charge in [0, 0.05) is 0 Å². The van der Waals surface area contributed by atoms with Gasteiger partial charge in [0.05, 0.1) is 0 Å². The lowest BCUT2D eigenvalue weighted by Gasteiger charge is -1.92. The maximum absolute atomic E-state index is 8.36. The van der Waals surface area contributed by atoms with Gasteiger partial charge in [-0.2, -0.15) is 0 Å². The van der Waals surface area contributed by atoms with Crippen molar-refractivity contribution in [2.45, 2.75) is 4.55 Å². The lowest BCUT2D eigenvalue weighted by Crippen LogP contribution is -1.85. The summed E-state index contributed by atoms with van der Waals surface area (Å²) in [6.07, 6.45) is 0. The van der Waals surface area contributed by atoms with Crippen LogP contribution in [0.2, 0.25) is 0 Å². The van der Waals surface area contributed by atoms with Crippen molar-refractivity contribution in [2.75, 3.05) is 0 Å². The van der Waals surface area contributed by atoms with Crippen molar-refractivity contribution in [3.05, 3.63) is 35.9 Å². The van der Waals surface area contributed by atoms with E-state index in [4.69, 9.17) is 9.90 Å². The number of halogens is 1. The Morgan fingerprint density at radius 1 is 1.42 bits per heavy atom. The summed E-state index contributed by atoms with van der Waals surface area (Å²) in [4.78, 5) is 8.36. The zero-order valence-electron chi connectivity index (χ0n) is 6.61. The number of benzene rings is 1. The molecule has 0 unspecified atom stereocenters. The molecule has 1 aromatic rings. The van der Waals surface area contributed by atoms with E-state index in [0.717, 1.165) is 0 Å². The number of hydrogen-bond acceptors (Lipinski definition) is 1. The predicted molar refractivity (Wildman–Crippen MR) is 53.5 cm³/mol. The molecule has 0 radical (unpaired) electrons. The molecule has 0 fully saturated rings. The molecular weight excluding hydrogens is 232 g/mol. The average molecular weight is 241 g/mol. The third-order valence-corrected chi connectivity index (χ3v) is 3.18. The highest BCUT2D eigenvalue weighted by atomic mass is 79.9. The summed E-state index contributed by atoms with van der Waals surface area (Å²) < 4.78 is 1.26. The highest BCUT2D eigenvalue weighted by molar-refractivity contribution is 9.23. The van der Waals surface area contributed by atoms with E-state index in [0.29, 0.717) is 0 Å². The first kappa shape index (κ1) is 11.9. The van der Waals surface area contributed by atoms with E-state index in [1.165, 1.54) is 10.1 Å². The molecule has 0 saturated heterocycles. The van der Waals surface area contributed by atoms with Crippen LogP contribution in [0.5, 0.6) is 0 Å². The van der Waals surface area contributed by atoms with Crippen LogP contribution >= 0.6 is 12.9 Å². The second-order valence-corrected chi connectivity index (χ2v) is 5.29. The number of rotatable bonds is 2. The Bertz CT molecular complexity index is 203. The van der Waals surface area contributed by atoms with Crippen molar-refractivity contribution in [1.82, 2.24) is 0 Å². The highest BCUT2D eigenvalue weighted by Gasteiger charge is 1.90. The first-order valence-corrected chi connectivity index (χ1v) is 8.42. The highest BCUT2D eigenvalue weighted by Crippen LogP contribution is 1.98. The van der Waals surface area contributed by atoms with Crippen LogP contribution in [0.15, 0.2) is 30.3 Å². The van der Waals surface area contributed by atoms with Crippen molar-refractivity contribution in [2.24, 2.45) is 0 Å². The molecule has 1 aromatic carbocycles. The lowest BCUT2D eigenvalue weighted by atomic mass is 10.2. The van der Waals surface area contributed by atoms with Crippen LogP contribution in [0.1, 0.15) is 5.56 Å². The van der Waals surface area contributed by atoms with Gasteiger partial charge >= 0.3 is 18.2 Å². The molecule has 0 atom stereocenters. The molecule has 0 heterocycles. The van der Waals surface area contributed by atoms with Gasteiger partial charge in [-0.05, 0) is 0 Å². The number of hydrogen-bond donors (Lipinski definition) is 1. The molecule has 0 amide bonds. The summed E-state index contributed by atoms with van der Waals surface area (Å²) in [6.45, 7) is -0.250. The van der Waals surface area contributed by atoms with Crippen molar-refractivity contribution < 1.29 is 9.90 Å². The molecule has 2 nitrogen and oxygen atoms in total. The summed E-state index contributed by atoms with van der Waals surface area (Å²) in [5, 5.41) is 6.89. The molecule has 1 rings (SSSR count). The largest absolute Gasteiger partial charge is 0.483 e. The summed E-state index contributed by atoms with van der Waals surface area (Å²) in [5.74, 6) is 0. The molecule has 1 N–H and O–H groups in total. The molecule has 0 aromatic heterocycles.